The number of aryl methyl sites for hydroxylation is 2. The fourth-order valence-electron chi connectivity index (χ4n) is 4.52. The van der Waals surface area contributed by atoms with Crippen LogP contribution in [0.15, 0.2) is 65.3 Å². The summed E-state index contributed by atoms with van der Waals surface area (Å²) in [6.45, 7) is 6.45. The topological polar surface area (TPSA) is 69.9 Å². The molecule has 0 saturated carbocycles. The smallest absolute Gasteiger partial charge is 0.244 e. The Balaban J connectivity index is 1.56. The first-order valence-corrected chi connectivity index (χ1v) is 12.2. The van der Waals surface area contributed by atoms with Gasteiger partial charge >= 0.3 is 0 Å². The molecule has 6 nitrogen and oxygen atoms in total. The van der Waals surface area contributed by atoms with Crippen LogP contribution in [0.4, 0.5) is 0 Å². The standard InChI is InChI=1S/C31H33NO5/c1-19-7-10-23(11-8-19)26-18-37-31-21(3)30(36-6)24(17-25(26)31)20(2)15-29(33)32-14-13-22-9-12-27(34-4)28(16-22)35-5/h7-12,15-18H,13-14H2,1-6H3,(H,32,33)/b20-15+. The SMILES string of the molecule is COc1ccc(CCNC(=O)/C=C(\C)c2cc3c(-c4ccc(C)cc4)coc3c(C)c2OC)cc1OC. The fraction of sp³-hybridized carbons (Fsp3) is 0.258. The average Bonchev–Trinajstić information content (AvgIpc) is 3.33. The maximum absolute atomic E-state index is 12.8. The van der Waals surface area contributed by atoms with Crippen LogP contribution in [0.25, 0.3) is 27.7 Å². The molecule has 0 aliphatic rings. The minimum Gasteiger partial charge on any atom is -0.496 e. The lowest BCUT2D eigenvalue weighted by Crippen LogP contribution is -2.23. The van der Waals surface area contributed by atoms with E-state index in [0.29, 0.717) is 30.2 Å². The van der Waals surface area contributed by atoms with E-state index in [1.54, 1.807) is 33.7 Å². The lowest BCUT2D eigenvalue weighted by Gasteiger charge is -2.13. The molecule has 1 heterocycles. The second kappa shape index (κ2) is 11.2. The molecular weight excluding hydrogens is 466 g/mol. The van der Waals surface area contributed by atoms with Gasteiger partial charge < -0.3 is 23.9 Å². The second-order valence-electron chi connectivity index (χ2n) is 9.03. The van der Waals surface area contributed by atoms with Crippen LogP contribution in [0.5, 0.6) is 17.2 Å². The zero-order valence-corrected chi connectivity index (χ0v) is 22.2. The molecule has 0 aliphatic heterocycles. The highest BCUT2D eigenvalue weighted by Gasteiger charge is 2.19. The first-order chi connectivity index (χ1) is 17.9. The van der Waals surface area contributed by atoms with E-state index in [-0.39, 0.29) is 5.91 Å². The summed E-state index contributed by atoms with van der Waals surface area (Å²) in [5, 5.41) is 3.96. The molecule has 1 N–H and O–H groups in total. The van der Waals surface area contributed by atoms with Gasteiger partial charge in [-0.05, 0) is 62.1 Å². The van der Waals surface area contributed by atoms with Crippen molar-refractivity contribution in [1.82, 2.24) is 5.32 Å². The van der Waals surface area contributed by atoms with Crippen molar-refractivity contribution in [2.45, 2.75) is 27.2 Å². The monoisotopic (exact) mass is 499 g/mol. The third-order valence-electron chi connectivity index (χ3n) is 6.54. The predicted molar refractivity (Wildman–Crippen MR) is 148 cm³/mol. The first-order valence-electron chi connectivity index (χ1n) is 12.2. The van der Waals surface area contributed by atoms with E-state index >= 15 is 0 Å². The molecule has 0 aliphatic carbocycles. The van der Waals surface area contributed by atoms with E-state index in [1.165, 1.54) is 5.56 Å². The lowest BCUT2D eigenvalue weighted by atomic mass is 9.96. The van der Waals surface area contributed by atoms with Gasteiger partial charge in [0.1, 0.15) is 11.3 Å². The Morgan fingerprint density at radius 1 is 0.946 bits per heavy atom. The summed E-state index contributed by atoms with van der Waals surface area (Å²) in [4.78, 5) is 12.8. The van der Waals surface area contributed by atoms with Crippen molar-refractivity contribution in [2.75, 3.05) is 27.9 Å². The number of hydrogen-bond donors (Lipinski definition) is 1. The Kier molecular flexibility index (Phi) is 7.87. The Labute approximate surface area is 217 Å². The molecule has 0 atom stereocenters. The number of carbonyl (C=O) groups is 1. The van der Waals surface area contributed by atoms with Gasteiger partial charge in [-0.15, -0.1) is 0 Å². The zero-order valence-electron chi connectivity index (χ0n) is 22.2. The lowest BCUT2D eigenvalue weighted by molar-refractivity contribution is -0.116. The molecule has 0 bridgehead atoms. The minimum absolute atomic E-state index is 0.163. The quantitative estimate of drug-likeness (QED) is 0.266. The Hall–Kier alpha value is -4.19. The van der Waals surface area contributed by atoms with E-state index in [1.807, 2.05) is 38.1 Å². The van der Waals surface area contributed by atoms with E-state index in [4.69, 9.17) is 18.6 Å². The number of amides is 1. The van der Waals surface area contributed by atoms with Crippen LogP contribution < -0.4 is 19.5 Å². The molecular formula is C31H33NO5. The summed E-state index contributed by atoms with van der Waals surface area (Å²) < 4.78 is 22.3. The van der Waals surface area contributed by atoms with Gasteiger partial charge in [-0.3, -0.25) is 4.79 Å². The van der Waals surface area contributed by atoms with Crippen molar-refractivity contribution in [3.05, 3.63) is 83.1 Å². The van der Waals surface area contributed by atoms with E-state index < -0.39 is 0 Å². The van der Waals surface area contributed by atoms with Gasteiger partial charge in [0.05, 0.1) is 27.6 Å². The molecule has 192 valence electrons. The van der Waals surface area contributed by atoms with Crippen LogP contribution in [0, 0.1) is 13.8 Å². The average molecular weight is 500 g/mol. The summed E-state index contributed by atoms with van der Waals surface area (Å²) in [7, 11) is 4.85. The highest BCUT2D eigenvalue weighted by molar-refractivity contribution is 6.01. The maximum Gasteiger partial charge on any atom is 0.244 e. The number of fused-ring (bicyclic) bond motifs is 1. The third kappa shape index (κ3) is 5.48. The molecule has 37 heavy (non-hydrogen) atoms. The van der Waals surface area contributed by atoms with Crippen LogP contribution in [-0.4, -0.2) is 33.8 Å². The number of rotatable bonds is 9. The Bertz CT molecular complexity index is 1450. The van der Waals surface area contributed by atoms with Crippen molar-refractivity contribution < 1.29 is 23.4 Å². The maximum atomic E-state index is 12.8. The van der Waals surface area contributed by atoms with Gasteiger partial charge in [0, 0.05) is 34.7 Å². The van der Waals surface area contributed by atoms with Gasteiger partial charge in [0.15, 0.2) is 11.5 Å². The van der Waals surface area contributed by atoms with Crippen LogP contribution in [0.3, 0.4) is 0 Å². The highest BCUT2D eigenvalue weighted by atomic mass is 16.5. The van der Waals surface area contributed by atoms with Gasteiger partial charge in [0.2, 0.25) is 5.91 Å². The molecule has 3 aromatic carbocycles. The summed E-state index contributed by atoms with van der Waals surface area (Å²) in [6.07, 6.45) is 4.07. The number of ether oxygens (including phenoxy) is 3. The van der Waals surface area contributed by atoms with Crippen LogP contribution >= 0.6 is 0 Å². The number of carbonyl (C=O) groups excluding carboxylic acids is 1. The molecule has 4 aromatic rings. The third-order valence-corrected chi connectivity index (χ3v) is 6.54. The summed E-state index contributed by atoms with van der Waals surface area (Å²) in [6, 6.07) is 16.2. The fourth-order valence-corrected chi connectivity index (χ4v) is 4.52. The van der Waals surface area contributed by atoms with Crippen molar-refractivity contribution >= 4 is 22.4 Å². The van der Waals surface area contributed by atoms with Crippen molar-refractivity contribution in [2.24, 2.45) is 0 Å². The van der Waals surface area contributed by atoms with Crippen LogP contribution in [-0.2, 0) is 11.2 Å². The van der Waals surface area contributed by atoms with Gasteiger partial charge in [-0.1, -0.05) is 35.9 Å². The number of benzene rings is 3. The van der Waals surface area contributed by atoms with E-state index in [2.05, 4.69) is 36.5 Å². The largest absolute Gasteiger partial charge is 0.496 e. The summed E-state index contributed by atoms with van der Waals surface area (Å²) in [5.41, 5.74) is 7.68. The second-order valence-corrected chi connectivity index (χ2v) is 9.03. The number of methoxy groups -OCH3 is 3. The predicted octanol–water partition coefficient (Wildman–Crippen LogP) is 6.50. The molecule has 0 saturated heterocycles. The zero-order chi connectivity index (χ0) is 26.5. The molecule has 4 rings (SSSR count). The Morgan fingerprint density at radius 3 is 2.35 bits per heavy atom. The van der Waals surface area contributed by atoms with Crippen molar-refractivity contribution in [3.8, 4) is 28.4 Å². The van der Waals surface area contributed by atoms with Crippen molar-refractivity contribution in [1.29, 1.82) is 0 Å². The number of nitrogens with one attached hydrogen (secondary N) is 1. The molecule has 0 spiro atoms. The van der Waals surface area contributed by atoms with E-state index in [9.17, 15) is 4.79 Å². The molecule has 0 unspecified atom stereocenters. The minimum atomic E-state index is -0.163. The van der Waals surface area contributed by atoms with Gasteiger partial charge in [0.25, 0.3) is 0 Å². The number of hydrogen-bond acceptors (Lipinski definition) is 5. The van der Waals surface area contributed by atoms with Crippen molar-refractivity contribution in [3.63, 3.8) is 0 Å². The highest BCUT2D eigenvalue weighted by Crippen LogP contribution is 2.40. The van der Waals surface area contributed by atoms with Crippen LogP contribution in [0.2, 0.25) is 0 Å². The first kappa shape index (κ1) is 25.9. The summed E-state index contributed by atoms with van der Waals surface area (Å²) >= 11 is 0. The Morgan fingerprint density at radius 2 is 1.68 bits per heavy atom. The number of furan rings is 1. The van der Waals surface area contributed by atoms with Gasteiger partial charge in [-0.25, -0.2) is 0 Å². The molecule has 0 radical (unpaired) electrons. The molecule has 1 aromatic heterocycles. The molecule has 0 fully saturated rings. The molecule has 1 amide bonds. The van der Waals surface area contributed by atoms with E-state index in [0.717, 1.165) is 44.4 Å². The summed E-state index contributed by atoms with van der Waals surface area (Å²) in [5.74, 6) is 1.88. The normalized spacial score (nSPS) is 11.5. The van der Waals surface area contributed by atoms with Gasteiger partial charge in [-0.2, -0.15) is 0 Å². The molecule has 6 heteroatoms. The van der Waals surface area contributed by atoms with Crippen LogP contribution in [0.1, 0.15) is 29.2 Å². The number of allylic oxidation sites excluding steroid dienone is 1.